The zero-order valence-corrected chi connectivity index (χ0v) is 8.91. The van der Waals surface area contributed by atoms with E-state index >= 15 is 0 Å². The third-order valence-corrected chi connectivity index (χ3v) is 2.07. The molecule has 2 N–H and O–H groups in total. The second-order valence-electron chi connectivity index (χ2n) is 3.34. The van der Waals surface area contributed by atoms with E-state index in [1.807, 2.05) is 18.2 Å². The van der Waals surface area contributed by atoms with Crippen LogP contribution < -0.4 is 10.5 Å². The molecule has 0 aromatic heterocycles. The average Bonchev–Trinajstić information content (AvgIpc) is 2.26. The molecule has 0 radical (unpaired) electrons. The molecule has 0 atom stereocenters. The number of terminal acetylenes is 1. The summed E-state index contributed by atoms with van der Waals surface area (Å²) in [6.07, 6.45) is 7.71. The van der Waals surface area contributed by atoms with Gasteiger partial charge in [-0.2, -0.15) is 0 Å². The number of hydrogen-bond donors (Lipinski definition) is 1. The lowest BCUT2D eigenvalue weighted by molar-refractivity contribution is 0.312. The van der Waals surface area contributed by atoms with Crippen molar-refractivity contribution in [3.63, 3.8) is 0 Å². The van der Waals surface area contributed by atoms with Gasteiger partial charge in [-0.3, -0.25) is 0 Å². The van der Waals surface area contributed by atoms with Gasteiger partial charge in [-0.25, -0.2) is 0 Å². The van der Waals surface area contributed by atoms with E-state index in [4.69, 9.17) is 16.9 Å². The van der Waals surface area contributed by atoms with Gasteiger partial charge in [0, 0.05) is 6.42 Å². The van der Waals surface area contributed by atoms with E-state index in [1.54, 1.807) is 0 Å². The van der Waals surface area contributed by atoms with Crippen LogP contribution in [0, 0.1) is 12.3 Å². The second-order valence-corrected chi connectivity index (χ2v) is 3.34. The minimum atomic E-state index is 0.667. The first-order valence-corrected chi connectivity index (χ1v) is 5.22. The van der Waals surface area contributed by atoms with E-state index < -0.39 is 0 Å². The number of rotatable bonds is 6. The van der Waals surface area contributed by atoms with E-state index in [0.29, 0.717) is 13.2 Å². The smallest absolute Gasteiger partial charge is 0.119 e. The van der Waals surface area contributed by atoms with Crippen molar-refractivity contribution in [2.45, 2.75) is 19.3 Å². The van der Waals surface area contributed by atoms with E-state index in [-0.39, 0.29) is 0 Å². The molecular weight excluding hydrogens is 186 g/mol. The molecule has 0 amide bonds. The molecule has 0 aliphatic heterocycles. The van der Waals surface area contributed by atoms with Crippen LogP contribution in [0.5, 0.6) is 5.75 Å². The Morgan fingerprint density at radius 3 is 3.00 bits per heavy atom. The molecule has 15 heavy (non-hydrogen) atoms. The van der Waals surface area contributed by atoms with Crippen molar-refractivity contribution in [1.82, 2.24) is 0 Å². The van der Waals surface area contributed by atoms with Gasteiger partial charge in [-0.05, 0) is 37.1 Å². The number of benzene rings is 1. The molecule has 2 nitrogen and oxygen atoms in total. The first kappa shape index (κ1) is 11.6. The van der Waals surface area contributed by atoms with Crippen molar-refractivity contribution in [3.05, 3.63) is 29.8 Å². The van der Waals surface area contributed by atoms with Crippen molar-refractivity contribution < 1.29 is 4.74 Å². The van der Waals surface area contributed by atoms with Crippen LogP contribution in [0.1, 0.15) is 18.4 Å². The van der Waals surface area contributed by atoms with Gasteiger partial charge in [0.15, 0.2) is 0 Å². The Hall–Kier alpha value is -1.46. The summed E-state index contributed by atoms with van der Waals surface area (Å²) in [7, 11) is 0. The molecule has 0 saturated heterocycles. The van der Waals surface area contributed by atoms with Gasteiger partial charge in [0.1, 0.15) is 5.75 Å². The summed E-state index contributed by atoms with van der Waals surface area (Å²) in [5.41, 5.74) is 6.70. The van der Waals surface area contributed by atoms with Crippen molar-refractivity contribution in [2.75, 3.05) is 13.2 Å². The molecule has 0 spiro atoms. The normalized spacial score (nSPS) is 9.60. The van der Waals surface area contributed by atoms with Crippen molar-refractivity contribution in [2.24, 2.45) is 5.73 Å². The van der Waals surface area contributed by atoms with Gasteiger partial charge in [-0.1, -0.05) is 12.1 Å². The number of nitrogens with two attached hydrogens (primary N) is 1. The van der Waals surface area contributed by atoms with Crippen LogP contribution in [0.3, 0.4) is 0 Å². The summed E-state index contributed by atoms with van der Waals surface area (Å²) in [5, 5.41) is 0. The number of ether oxygens (including phenoxy) is 1. The SMILES string of the molecule is C#CCCCOc1cccc(CCN)c1. The molecule has 80 valence electrons. The molecule has 1 aromatic carbocycles. The minimum absolute atomic E-state index is 0.667. The average molecular weight is 203 g/mol. The largest absolute Gasteiger partial charge is 0.494 e. The summed E-state index contributed by atoms with van der Waals surface area (Å²) in [6.45, 7) is 1.34. The Balaban J connectivity index is 2.40. The molecule has 0 unspecified atom stereocenters. The fourth-order valence-electron chi connectivity index (χ4n) is 1.32. The van der Waals surface area contributed by atoms with Crippen LogP contribution in [0.4, 0.5) is 0 Å². The van der Waals surface area contributed by atoms with Gasteiger partial charge >= 0.3 is 0 Å². The highest BCUT2D eigenvalue weighted by Crippen LogP contribution is 2.13. The molecular formula is C13H17NO. The van der Waals surface area contributed by atoms with E-state index in [9.17, 15) is 0 Å². The van der Waals surface area contributed by atoms with Gasteiger partial charge in [0.05, 0.1) is 6.61 Å². The lowest BCUT2D eigenvalue weighted by Crippen LogP contribution is -2.03. The van der Waals surface area contributed by atoms with Crippen LogP contribution in [-0.4, -0.2) is 13.2 Å². The van der Waals surface area contributed by atoms with Crippen LogP contribution in [-0.2, 0) is 6.42 Å². The maximum absolute atomic E-state index is 5.56. The highest BCUT2D eigenvalue weighted by Gasteiger charge is 1.95. The first-order chi connectivity index (χ1) is 7.36. The zero-order valence-electron chi connectivity index (χ0n) is 8.91. The van der Waals surface area contributed by atoms with Gasteiger partial charge in [0.25, 0.3) is 0 Å². The number of hydrogen-bond acceptors (Lipinski definition) is 2. The summed E-state index contributed by atoms with van der Waals surface area (Å²) in [4.78, 5) is 0. The van der Waals surface area contributed by atoms with Gasteiger partial charge < -0.3 is 10.5 Å². The predicted octanol–water partition coefficient (Wildman–Crippen LogP) is 1.98. The summed E-state index contributed by atoms with van der Waals surface area (Å²) in [6, 6.07) is 8.03. The fourth-order valence-corrected chi connectivity index (χ4v) is 1.32. The Bertz CT molecular complexity index is 328. The summed E-state index contributed by atoms with van der Waals surface area (Å²) < 4.78 is 5.56. The van der Waals surface area contributed by atoms with Crippen molar-refractivity contribution in [3.8, 4) is 18.1 Å². The van der Waals surface area contributed by atoms with Crippen molar-refractivity contribution in [1.29, 1.82) is 0 Å². The monoisotopic (exact) mass is 203 g/mol. The Labute approximate surface area is 91.4 Å². The Morgan fingerprint density at radius 1 is 1.40 bits per heavy atom. The van der Waals surface area contributed by atoms with Crippen LogP contribution >= 0.6 is 0 Å². The molecule has 0 fully saturated rings. The zero-order chi connectivity index (χ0) is 10.9. The topological polar surface area (TPSA) is 35.2 Å². The number of unbranched alkanes of at least 4 members (excludes halogenated alkanes) is 1. The first-order valence-electron chi connectivity index (χ1n) is 5.22. The van der Waals surface area contributed by atoms with Gasteiger partial charge in [-0.15, -0.1) is 12.3 Å². The summed E-state index contributed by atoms with van der Waals surface area (Å²) >= 11 is 0. The van der Waals surface area contributed by atoms with Crippen LogP contribution in [0.25, 0.3) is 0 Å². The highest BCUT2D eigenvalue weighted by atomic mass is 16.5. The molecule has 0 aliphatic carbocycles. The lowest BCUT2D eigenvalue weighted by atomic mass is 10.1. The molecule has 1 aromatic rings. The molecule has 0 bridgehead atoms. The lowest BCUT2D eigenvalue weighted by Gasteiger charge is -2.06. The molecule has 1 rings (SSSR count). The molecule has 2 heteroatoms. The standard InChI is InChI=1S/C13H17NO/c1-2-3-4-10-15-13-7-5-6-12(11-13)8-9-14/h1,5-7,11H,3-4,8-10,14H2. The highest BCUT2D eigenvalue weighted by molar-refractivity contribution is 5.28. The summed E-state index contributed by atoms with van der Waals surface area (Å²) in [5.74, 6) is 3.49. The maximum atomic E-state index is 5.56. The molecule has 0 heterocycles. The van der Waals surface area contributed by atoms with E-state index in [0.717, 1.165) is 25.0 Å². The Kier molecular flexibility index (Phi) is 5.35. The van der Waals surface area contributed by atoms with E-state index in [2.05, 4.69) is 12.0 Å². The second kappa shape index (κ2) is 6.92. The molecule has 0 saturated carbocycles. The quantitative estimate of drug-likeness (QED) is 0.567. The van der Waals surface area contributed by atoms with Crippen LogP contribution in [0.15, 0.2) is 24.3 Å². The fraction of sp³-hybridized carbons (Fsp3) is 0.385. The van der Waals surface area contributed by atoms with E-state index in [1.165, 1.54) is 5.56 Å². The van der Waals surface area contributed by atoms with Gasteiger partial charge in [0.2, 0.25) is 0 Å². The third kappa shape index (κ3) is 4.53. The molecule has 0 aliphatic rings. The van der Waals surface area contributed by atoms with Crippen LogP contribution in [0.2, 0.25) is 0 Å². The minimum Gasteiger partial charge on any atom is -0.494 e. The Morgan fingerprint density at radius 2 is 2.27 bits per heavy atom. The maximum Gasteiger partial charge on any atom is 0.119 e. The predicted molar refractivity (Wildman–Crippen MR) is 62.8 cm³/mol. The third-order valence-electron chi connectivity index (χ3n) is 2.07. The van der Waals surface area contributed by atoms with Crippen molar-refractivity contribution >= 4 is 0 Å².